The van der Waals surface area contributed by atoms with Crippen LogP contribution in [0.3, 0.4) is 0 Å². The Morgan fingerprint density at radius 1 is 1.35 bits per heavy atom. The highest BCUT2D eigenvalue weighted by atomic mass is 32.1. The number of nitrogens with zero attached hydrogens (tertiary/aromatic N) is 1. The van der Waals surface area contributed by atoms with Crippen molar-refractivity contribution < 1.29 is 4.39 Å². The number of benzene rings is 1. The normalized spacial score (nSPS) is 12.6. The fourth-order valence-electron chi connectivity index (χ4n) is 2.27. The Bertz CT molecular complexity index is 565. The van der Waals surface area contributed by atoms with Crippen molar-refractivity contribution in [2.45, 2.75) is 39.7 Å². The first-order chi connectivity index (χ1) is 9.60. The van der Waals surface area contributed by atoms with Gasteiger partial charge in [0, 0.05) is 23.5 Å². The van der Waals surface area contributed by atoms with Gasteiger partial charge in [-0.1, -0.05) is 13.0 Å². The highest BCUT2D eigenvalue weighted by molar-refractivity contribution is 7.09. The molecule has 0 radical (unpaired) electrons. The number of aryl methyl sites for hydroxylation is 2. The van der Waals surface area contributed by atoms with Crippen LogP contribution >= 0.6 is 11.3 Å². The van der Waals surface area contributed by atoms with E-state index in [0.717, 1.165) is 41.2 Å². The van der Waals surface area contributed by atoms with E-state index in [-0.39, 0.29) is 11.9 Å². The fraction of sp³-hybridized carbons (Fsp3) is 0.438. The third kappa shape index (κ3) is 3.87. The first-order valence-corrected chi connectivity index (χ1v) is 7.88. The number of aromatic nitrogens is 1. The minimum atomic E-state index is -0.177. The molecule has 0 fully saturated rings. The molecular formula is C16H21FN2S. The van der Waals surface area contributed by atoms with Crippen molar-refractivity contribution in [3.63, 3.8) is 0 Å². The largest absolute Gasteiger partial charge is 0.310 e. The Kier molecular flexibility index (Phi) is 5.26. The second kappa shape index (κ2) is 6.95. The van der Waals surface area contributed by atoms with Crippen molar-refractivity contribution in [2.24, 2.45) is 0 Å². The molecule has 0 saturated carbocycles. The molecule has 1 atom stereocenters. The first kappa shape index (κ1) is 15.1. The van der Waals surface area contributed by atoms with Gasteiger partial charge in [0.15, 0.2) is 0 Å². The van der Waals surface area contributed by atoms with Gasteiger partial charge in [0.2, 0.25) is 0 Å². The molecular weight excluding hydrogens is 271 g/mol. The topological polar surface area (TPSA) is 24.9 Å². The summed E-state index contributed by atoms with van der Waals surface area (Å²) in [5.41, 5.74) is 3.20. The molecule has 0 aliphatic heterocycles. The molecule has 0 aliphatic rings. The minimum Gasteiger partial charge on any atom is -0.310 e. The Morgan fingerprint density at radius 3 is 2.80 bits per heavy atom. The van der Waals surface area contributed by atoms with Crippen molar-refractivity contribution in [2.75, 3.05) is 6.54 Å². The summed E-state index contributed by atoms with van der Waals surface area (Å²) in [5.74, 6) is -0.177. The van der Waals surface area contributed by atoms with Gasteiger partial charge in [-0.3, -0.25) is 0 Å². The van der Waals surface area contributed by atoms with Gasteiger partial charge >= 0.3 is 0 Å². The molecule has 1 N–H and O–H groups in total. The van der Waals surface area contributed by atoms with Crippen LogP contribution in [0.2, 0.25) is 0 Å². The molecule has 0 saturated heterocycles. The second-order valence-electron chi connectivity index (χ2n) is 5.09. The zero-order chi connectivity index (χ0) is 14.5. The van der Waals surface area contributed by atoms with Crippen LogP contribution < -0.4 is 5.32 Å². The number of hydrogen-bond donors (Lipinski definition) is 1. The molecule has 0 amide bonds. The molecule has 20 heavy (non-hydrogen) atoms. The summed E-state index contributed by atoms with van der Waals surface area (Å²) in [6.07, 6.45) is 1.87. The smallest absolute Gasteiger partial charge is 0.123 e. The Balaban J connectivity index is 2.24. The maximum atomic E-state index is 13.5. The van der Waals surface area contributed by atoms with Crippen LogP contribution in [-0.2, 0) is 6.42 Å². The highest BCUT2D eigenvalue weighted by Gasteiger charge is 2.16. The number of thiazole rings is 1. The number of halogens is 1. The minimum absolute atomic E-state index is 0.121. The van der Waals surface area contributed by atoms with Gasteiger partial charge in [-0.2, -0.15) is 0 Å². The van der Waals surface area contributed by atoms with Gasteiger partial charge < -0.3 is 5.32 Å². The average molecular weight is 292 g/mol. The van der Waals surface area contributed by atoms with E-state index in [1.165, 1.54) is 6.07 Å². The van der Waals surface area contributed by atoms with Crippen molar-refractivity contribution in [1.82, 2.24) is 10.3 Å². The fourth-order valence-corrected chi connectivity index (χ4v) is 3.09. The SMILES string of the molecule is CCCNC(Cc1nc(C)cs1)c1cc(F)ccc1C. The quantitative estimate of drug-likeness (QED) is 0.864. The van der Waals surface area contributed by atoms with E-state index in [1.54, 1.807) is 17.4 Å². The van der Waals surface area contributed by atoms with Crippen molar-refractivity contribution in [3.05, 3.63) is 51.2 Å². The van der Waals surface area contributed by atoms with Gasteiger partial charge in [0.25, 0.3) is 0 Å². The lowest BCUT2D eigenvalue weighted by molar-refractivity contribution is 0.521. The Labute approximate surface area is 124 Å². The van der Waals surface area contributed by atoms with Crippen molar-refractivity contribution in [1.29, 1.82) is 0 Å². The monoisotopic (exact) mass is 292 g/mol. The van der Waals surface area contributed by atoms with Crippen LogP contribution in [-0.4, -0.2) is 11.5 Å². The summed E-state index contributed by atoms with van der Waals surface area (Å²) in [6.45, 7) is 7.09. The molecule has 108 valence electrons. The molecule has 1 heterocycles. The molecule has 0 bridgehead atoms. The lowest BCUT2D eigenvalue weighted by atomic mass is 9.98. The zero-order valence-corrected chi connectivity index (χ0v) is 13.1. The van der Waals surface area contributed by atoms with Gasteiger partial charge in [-0.25, -0.2) is 9.37 Å². The predicted molar refractivity (Wildman–Crippen MR) is 82.7 cm³/mol. The summed E-state index contributed by atoms with van der Waals surface area (Å²) in [5, 5.41) is 6.67. The van der Waals surface area contributed by atoms with Crippen LogP contribution in [0.1, 0.15) is 41.2 Å². The third-order valence-electron chi connectivity index (χ3n) is 3.30. The molecule has 1 aromatic carbocycles. The number of nitrogens with one attached hydrogen (secondary N) is 1. The van der Waals surface area contributed by atoms with E-state index in [4.69, 9.17) is 0 Å². The highest BCUT2D eigenvalue weighted by Crippen LogP contribution is 2.24. The van der Waals surface area contributed by atoms with Gasteiger partial charge in [-0.15, -0.1) is 11.3 Å². The van der Waals surface area contributed by atoms with Crippen LogP contribution in [0.4, 0.5) is 4.39 Å². The molecule has 4 heteroatoms. The molecule has 0 spiro atoms. The number of hydrogen-bond acceptors (Lipinski definition) is 3. The van der Waals surface area contributed by atoms with E-state index < -0.39 is 0 Å². The van der Waals surface area contributed by atoms with Crippen molar-refractivity contribution >= 4 is 11.3 Å². The number of rotatable bonds is 6. The molecule has 1 aromatic heterocycles. The van der Waals surface area contributed by atoms with Crippen LogP contribution in [0.5, 0.6) is 0 Å². The van der Waals surface area contributed by atoms with Gasteiger partial charge in [0.05, 0.1) is 5.01 Å². The van der Waals surface area contributed by atoms with Gasteiger partial charge in [-0.05, 0) is 50.1 Å². The van der Waals surface area contributed by atoms with E-state index >= 15 is 0 Å². The van der Waals surface area contributed by atoms with E-state index in [0.29, 0.717) is 0 Å². The molecule has 0 aliphatic carbocycles. The van der Waals surface area contributed by atoms with E-state index in [2.05, 4.69) is 22.6 Å². The maximum Gasteiger partial charge on any atom is 0.123 e. The summed E-state index contributed by atoms with van der Waals surface area (Å²) in [4.78, 5) is 4.52. The molecule has 1 unspecified atom stereocenters. The second-order valence-corrected chi connectivity index (χ2v) is 6.04. The Hall–Kier alpha value is -1.26. The van der Waals surface area contributed by atoms with Crippen molar-refractivity contribution in [3.8, 4) is 0 Å². The van der Waals surface area contributed by atoms with E-state index in [1.807, 2.05) is 19.9 Å². The third-order valence-corrected chi connectivity index (χ3v) is 4.29. The first-order valence-electron chi connectivity index (χ1n) is 7.00. The summed E-state index contributed by atoms with van der Waals surface area (Å²) in [6, 6.07) is 5.13. The van der Waals surface area contributed by atoms with E-state index in [9.17, 15) is 4.39 Å². The Morgan fingerprint density at radius 2 is 2.15 bits per heavy atom. The molecule has 2 aromatic rings. The lowest BCUT2D eigenvalue weighted by Crippen LogP contribution is -2.25. The van der Waals surface area contributed by atoms with Crippen LogP contribution in [0.25, 0.3) is 0 Å². The summed E-state index contributed by atoms with van der Waals surface area (Å²) >= 11 is 1.67. The maximum absolute atomic E-state index is 13.5. The van der Waals surface area contributed by atoms with Crippen LogP contribution in [0.15, 0.2) is 23.6 Å². The lowest BCUT2D eigenvalue weighted by Gasteiger charge is -2.20. The predicted octanol–water partition coefficient (Wildman–Crippen LogP) is 4.18. The van der Waals surface area contributed by atoms with Crippen LogP contribution in [0, 0.1) is 19.7 Å². The molecule has 2 rings (SSSR count). The molecule has 2 nitrogen and oxygen atoms in total. The van der Waals surface area contributed by atoms with Gasteiger partial charge in [0.1, 0.15) is 5.82 Å². The summed E-state index contributed by atoms with van der Waals surface area (Å²) in [7, 11) is 0. The average Bonchev–Trinajstić information content (AvgIpc) is 2.83. The zero-order valence-electron chi connectivity index (χ0n) is 12.2. The standard InChI is InChI=1S/C16H21FN2S/c1-4-7-18-15(9-16-19-12(3)10-20-16)14-8-13(17)6-5-11(14)2/h5-6,8,10,15,18H,4,7,9H2,1-3H3. The summed E-state index contributed by atoms with van der Waals surface area (Å²) < 4.78 is 13.5.